The van der Waals surface area contributed by atoms with Crippen LogP contribution in [0.3, 0.4) is 0 Å². The number of aromatic nitrogens is 1. The lowest BCUT2D eigenvalue weighted by Crippen LogP contribution is -2.48. The number of hydrogen-bond donors (Lipinski definition) is 0. The van der Waals surface area contributed by atoms with Crippen molar-refractivity contribution >= 4 is 16.9 Å². The van der Waals surface area contributed by atoms with Crippen LogP contribution in [0, 0.1) is 0 Å². The van der Waals surface area contributed by atoms with Gasteiger partial charge in [-0.3, -0.25) is 4.79 Å². The smallest absolute Gasteiger partial charge is 0.228 e. The molecular weight excluding hydrogens is 304 g/mol. The summed E-state index contributed by atoms with van der Waals surface area (Å²) in [5.74, 6) is 0.111. The summed E-state index contributed by atoms with van der Waals surface area (Å²) in [6, 6.07) is 7.66. The van der Waals surface area contributed by atoms with Crippen molar-refractivity contribution in [1.29, 1.82) is 0 Å². The second kappa shape index (κ2) is 6.06. The molecule has 2 aliphatic heterocycles. The molecule has 0 N–H and O–H groups in total. The second-order valence-electron chi connectivity index (χ2n) is 6.84. The lowest BCUT2D eigenvalue weighted by atomic mass is 9.87. The molecule has 2 aromatic rings. The van der Waals surface area contributed by atoms with E-state index in [0.29, 0.717) is 6.42 Å². The van der Waals surface area contributed by atoms with E-state index in [1.165, 1.54) is 5.57 Å². The molecule has 1 aromatic heterocycles. The van der Waals surface area contributed by atoms with Crippen molar-refractivity contribution < 1.29 is 14.1 Å². The third kappa shape index (κ3) is 2.84. The summed E-state index contributed by atoms with van der Waals surface area (Å²) in [6.45, 7) is 4.43. The topological polar surface area (TPSA) is 55.6 Å². The minimum absolute atomic E-state index is 0.111. The van der Waals surface area contributed by atoms with Crippen LogP contribution in [0.15, 0.2) is 40.4 Å². The van der Waals surface area contributed by atoms with Crippen molar-refractivity contribution in [2.24, 2.45) is 0 Å². The van der Waals surface area contributed by atoms with Gasteiger partial charge in [-0.05, 0) is 38.3 Å². The van der Waals surface area contributed by atoms with Crippen LogP contribution in [-0.4, -0.2) is 41.3 Å². The number of carbonyl (C=O) groups excluding carboxylic acids is 1. The predicted octanol–water partition coefficient (Wildman–Crippen LogP) is 3.10. The summed E-state index contributed by atoms with van der Waals surface area (Å²) in [4.78, 5) is 14.6. The molecule has 0 aliphatic carbocycles. The van der Waals surface area contributed by atoms with E-state index in [2.05, 4.69) is 18.2 Å². The van der Waals surface area contributed by atoms with Gasteiger partial charge in [0.2, 0.25) is 5.91 Å². The minimum Gasteiger partial charge on any atom is -0.370 e. The number of carbonyl (C=O) groups is 1. The zero-order valence-electron chi connectivity index (χ0n) is 14.0. The maximum atomic E-state index is 12.6. The molecule has 126 valence electrons. The number of fused-ring (bicyclic) bond motifs is 1. The molecule has 1 amide bonds. The first-order valence-corrected chi connectivity index (χ1v) is 8.59. The summed E-state index contributed by atoms with van der Waals surface area (Å²) in [6.07, 6.45) is 5.32. The largest absolute Gasteiger partial charge is 0.370 e. The Balaban J connectivity index is 1.42. The van der Waals surface area contributed by atoms with Crippen LogP contribution in [0.4, 0.5) is 0 Å². The Hall–Kier alpha value is -2.14. The highest BCUT2D eigenvalue weighted by atomic mass is 16.5. The van der Waals surface area contributed by atoms with Gasteiger partial charge < -0.3 is 14.2 Å². The van der Waals surface area contributed by atoms with Gasteiger partial charge in [-0.15, -0.1) is 0 Å². The Bertz CT molecular complexity index is 785. The van der Waals surface area contributed by atoms with E-state index in [0.717, 1.165) is 55.6 Å². The summed E-state index contributed by atoms with van der Waals surface area (Å²) in [5, 5.41) is 4.99. The van der Waals surface area contributed by atoms with E-state index in [1.807, 2.05) is 29.2 Å². The van der Waals surface area contributed by atoms with Crippen LogP contribution in [0.1, 0.15) is 31.9 Å². The zero-order chi connectivity index (χ0) is 16.6. The SMILES string of the molecule is CC1=CC2(CCN(C(=O)Cc3noc4ccccc34)CC2)OCC1. The first kappa shape index (κ1) is 15.4. The molecule has 5 nitrogen and oxygen atoms in total. The first-order valence-electron chi connectivity index (χ1n) is 8.59. The number of amides is 1. The summed E-state index contributed by atoms with van der Waals surface area (Å²) in [5.41, 5.74) is 2.70. The molecule has 3 heterocycles. The lowest BCUT2D eigenvalue weighted by molar-refractivity contribution is -0.135. The monoisotopic (exact) mass is 326 g/mol. The van der Waals surface area contributed by atoms with Crippen LogP contribution < -0.4 is 0 Å². The van der Waals surface area contributed by atoms with Crippen molar-refractivity contribution in [3.8, 4) is 0 Å². The van der Waals surface area contributed by atoms with Gasteiger partial charge in [0, 0.05) is 18.5 Å². The third-order valence-corrected chi connectivity index (χ3v) is 5.13. The van der Waals surface area contributed by atoms with E-state index in [1.54, 1.807) is 0 Å². The molecule has 4 rings (SSSR count). The molecule has 0 saturated carbocycles. The van der Waals surface area contributed by atoms with Gasteiger partial charge in [0.05, 0.1) is 18.6 Å². The molecule has 0 atom stereocenters. The van der Waals surface area contributed by atoms with Crippen LogP contribution in [0.25, 0.3) is 11.0 Å². The third-order valence-electron chi connectivity index (χ3n) is 5.13. The summed E-state index contributed by atoms with van der Waals surface area (Å²) >= 11 is 0. The Morgan fingerprint density at radius 1 is 1.29 bits per heavy atom. The first-order chi connectivity index (χ1) is 11.7. The fourth-order valence-electron chi connectivity index (χ4n) is 3.72. The Morgan fingerprint density at radius 2 is 2.08 bits per heavy atom. The molecule has 0 unspecified atom stereocenters. The van der Waals surface area contributed by atoms with Crippen molar-refractivity contribution in [2.45, 2.75) is 38.2 Å². The van der Waals surface area contributed by atoms with Crippen LogP contribution in [0.2, 0.25) is 0 Å². The molecule has 5 heteroatoms. The highest BCUT2D eigenvalue weighted by Gasteiger charge is 2.36. The molecule has 1 aromatic carbocycles. The average molecular weight is 326 g/mol. The molecule has 1 fully saturated rings. The van der Waals surface area contributed by atoms with Crippen LogP contribution in [-0.2, 0) is 16.0 Å². The van der Waals surface area contributed by atoms with E-state index in [4.69, 9.17) is 9.26 Å². The van der Waals surface area contributed by atoms with E-state index in [-0.39, 0.29) is 11.5 Å². The second-order valence-corrected chi connectivity index (χ2v) is 6.84. The van der Waals surface area contributed by atoms with Crippen molar-refractivity contribution in [3.63, 3.8) is 0 Å². The molecule has 24 heavy (non-hydrogen) atoms. The number of hydrogen-bond acceptors (Lipinski definition) is 4. The Labute approximate surface area is 141 Å². The van der Waals surface area contributed by atoms with Gasteiger partial charge in [-0.1, -0.05) is 28.9 Å². The minimum atomic E-state index is -0.153. The molecule has 0 radical (unpaired) electrons. The lowest BCUT2D eigenvalue weighted by Gasteiger charge is -2.42. The van der Waals surface area contributed by atoms with Gasteiger partial charge in [0.15, 0.2) is 5.58 Å². The number of piperidine rings is 1. The van der Waals surface area contributed by atoms with Crippen molar-refractivity contribution in [3.05, 3.63) is 41.6 Å². The van der Waals surface area contributed by atoms with Crippen LogP contribution in [0.5, 0.6) is 0 Å². The quantitative estimate of drug-likeness (QED) is 0.796. The molecule has 1 spiro atoms. The summed E-state index contributed by atoms with van der Waals surface area (Å²) in [7, 11) is 0. The van der Waals surface area contributed by atoms with Gasteiger partial charge in [0.25, 0.3) is 0 Å². The molecule has 0 bridgehead atoms. The van der Waals surface area contributed by atoms with Gasteiger partial charge >= 0.3 is 0 Å². The number of likely N-dealkylation sites (tertiary alicyclic amines) is 1. The number of nitrogens with zero attached hydrogens (tertiary/aromatic N) is 2. The highest BCUT2D eigenvalue weighted by molar-refractivity contribution is 5.86. The fourth-order valence-corrected chi connectivity index (χ4v) is 3.72. The zero-order valence-corrected chi connectivity index (χ0v) is 14.0. The normalized spacial score (nSPS) is 20.4. The number of para-hydroxylation sites is 1. The fraction of sp³-hybridized carbons (Fsp3) is 0.474. The van der Waals surface area contributed by atoms with E-state index >= 15 is 0 Å². The van der Waals surface area contributed by atoms with Crippen LogP contribution >= 0.6 is 0 Å². The number of ether oxygens (including phenoxy) is 1. The standard InChI is InChI=1S/C19H22N2O3/c1-14-6-11-23-19(13-14)7-9-21(10-8-19)18(22)12-16-15-4-2-3-5-17(15)24-20-16/h2-5,13H,6-12H2,1H3. The average Bonchev–Trinajstić information content (AvgIpc) is 2.98. The Morgan fingerprint density at radius 3 is 2.88 bits per heavy atom. The molecule has 1 saturated heterocycles. The number of benzene rings is 1. The molecule has 2 aliphatic rings. The maximum absolute atomic E-state index is 12.6. The predicted molar refractivity (Wildman–Crippen MR) is 90.6 cm³/mol. The summed E-state index contributed by atoms with van der Waals surface area (Å²) < 4.78 is 11.3. The van der Waals surface area contributed by atoms with Gasteiger partial charge in [-0.25, -0.2) is 0 Å². The van der Waals surface area contributed by atoms with Gasteiger partial charge in [-0.2, -0.15) is 0 Å². The van der Waals surface area contributed by atoms with Crippen molar-refractivity contribution in [1.82, 2.24) is 10.1 Å². The highest BCUT2D eigenvalue weighted by Crippen LogP contribution is 2.33. The Kier molecular flexibility index (Phi) is 3.88. The van der Waals surface area contributed by atoms with Gasteiger partial charge in [0.1, 0.15) is 5.69 Å². The van der Waals surface area contributed by atoms with E-state index in [9.17, 15) is 4.79 Å². The van der Waals surface area contributed by atoms with Crippen molar-refractivity contribution in [2.75, 3.05) is 19.7 Å². The number of rotatable bonds is 2. The maximum Gasteiger partial charge on any atom is 0.228 e. The molecular formula is C19H22N2O3. The van der Waals surface area contributed by atoms with E-state index < -0.39 is 0 Å².